The highest BCUT2D eigenvalue weighted by molar-refractivity contribution is 5.84. The Morgan fingerprint density at radius 1 is 1.04 bits per heavy atom. The zero-order valence-corrected chi connectivity index (χ0v) is 14.0. The van der Waals surface area contributed by atoms with Crippen LogP contribution >= 0.6 is 0 Å². The van der Waals surface area contributed by atoms with E-state index in [-0.39, 0.29) is 12.5 Å². The second-order valence-corrected chi connectivity index (χ2v) is 5.37. The number of fused-ring (bicyclic) bond motifs is 1. The molecule has 26 heavy (non-hydrogen) atoms. The molecule has 1 heterocycles. The van der Waals surface area contributed by atoms with Crippen LogP contribution in [0.3, 0.4) is 0 Å². The molecule has 0 aliphatic carbocycles. The number of hydrogen-bond donors (Lipinski definition) is 1. The Kier molecular flexibility index (Phi) is 5.99. The topological polar surface area (TPSA) is 63.8 Å². The van der Waals surface area contributed by atoms with Gasteiger partial charge in [-0.25, -0.2) is 5.43 Å². The van der Waals surface area contributed by atoms with Crippen LogP contribution in [0.1, 0.15) is 5.76 Å². The van der Waals surface area contributed by atoms with E-state index in [2.05, 4.69) is 10.5 Å². The number of carbonyl (C=O) groups is 1. The first-order valence-electron chi connectivity index (χ1n) is 8.11. The second-order valence-electron chi connectivity index (χ2n) is 5.37. The van der Waals surface area contributed by atoms with Gasteiger partial charge in [0, 0.05) is 6.21 Å². The summed E-state index contributed by atoms with van der Waals surface area (Å²) >= 11 is 0. The summed E-state index contributed by atoms with van der Waals surface area (Å²) in [4.78, 5) is 11.7. The van der Waals surface area contributed by atoms with Gasteiger partial charge in [0.1, 0.15) is 11.5 Å². The van der Waals surface area contributed by atoms with Crippen LogP contribution in [0, 0.1) is 0 Å². The van der Waals surface area contributed by atoms with Gasteiger partial charge < -0.3 is 9.15 Å². The average Bonchev–Trinajstić information content (AvgIpc) is 3.19. The van der Waals surface area contributed by atoms with Gasteiger partial charge in [-0.15, -0.1) is 0 Å². The molecule has 0 aliphatic rings. The van der Waals surface area contributed by atoms with Crippen molar-refractivity contribution in [2.45, 2.75) is 0 Å². The molecule has 0 bridgehead atoms. The van der Waals surface area contributed by atoms with E-state index in [1.807, 2.05) is 66.7 Å². The van der Waals surface area contributed by atoms with Crippen molar-refractivity contribution in [2.24, 2.45) is 5.10 Å². The van der Waals surface area contributed by atoms with Crippen LogP contribution in [0.15, 0.2) is 88.6 Å². The fourth-order valence-electron chi connectivity index (χ4n) is 2.24. The predicted octanol–water partition coefficient (Wildman–Crippen LogP) is 4.18. The first-order valence-corrected chi connectivity index (χ1v) is 8.11. The molecule has 0 fully saturated rings. The minimum absolute atomic E-state index is 0.0994. The number of allylic oxidation sites excluding steroid dienone is 3. The van der Waals surface area contributed by atoms with Crippen molar-refractivity contribution in [2.75, 3.05) is 6.61 Å². The van der Waals surface area contributed by atoms with Gasteiger partial charge in [-0.05, 0) is 47.2 Å². The van der Waals surface area contributed by atoms with Crippen molar-refractivity contribution in [1.29, 1.82) is 0 Å². The Bertz CT molecular complexity index is 941. The van der Waals surface area contributed by atoms with Gasteiger partial charge in [0.15, 0.2) is 6.61 Å². The summed E-state index contributed by atoms with van der Waals surface area (Å²) in [6.45, 7) is -0.0994. The third-order valence-corrected chi connectivity index (χ3v) is 3.47. The molecule has 1 aromatic heterocycles. The molecule has 0 saturated heterocycles. The molecule has 5 nitrogen and oxygen atoms in total. The summed E-state index contributed by atoms with van der Waals surface area (Å²) in [7, 11) is 0. The number of ether oxygens (including phenoxy) is 1. The zero-order chi connectivity index (χ0) is 18.0. The predicted molar refractivity (Wildman–Crippen MR) is 103 cm³/mol. The van der Waals surface area contributed by atoms with E-state index < -0.39 is 0 Å². The minimum atomic E-state index is -0.325. The molecule has 0 radical (unpaired) electrons. The molecular weight excluding hydrogens is 328 g/mol. The quantitative estimate of drug-likeness (QED) is 0.396. The van der Waals surface area contributed by atoms with Crippen LogP contribution in [-0.4, -0.2) is 18.7 Å². The largest absolute Gasteiger partial charge is 0.484 e. The molecule has 2 aromatic carbocycles. The second kappa shape index (κ2) is 9.03. The normalized spacial score (nSPS) is 11.7. The van der Waals surface area contributed by atoms with Gasteiger partial charge in [0.2, 0.25) is 0 Å². The lowest BCUT2D eigenvalue weighted by Gasteiger charge is -2.06. The number of furan rings is 1. The van der Waals surface area contributed by atoms with Crippen molar-refractivity contribution in [3.05, 3.63) is 84.8 Å². The van der Waals surface area contributed by atoms with Gasteiger partial charge in [0.25, 0.3) is 5.91 Å². The van der Waals surface area contributed by atoms with E-state index in [0.717, 1.165) is 16.5 Å². The summed E-state index contributed by atoms with van der Waals surface area (Å²) < 4.78 is 10.6. The number of nitrogens with zero attached hydrogens (tertiary/aromatic N) is 1. The number of hydrazone groups is 1. The third-order valence-electron chi connectivity index (χ3n) is 3.47. The Balaban J connectivity index is 1.40. The Hall–Kier alpha value is -3.60. The van der Waals surface area contributed by atoms with Gasteiger partial charge >= 0.3 is 0 Å². The molecule has 0 spiro atoms. The minimum Gasteiger partial charge on any atom is -0.484 e. The van der Waals surface area contributed by atoms with Gasteiger partial charge in [0.05, 0.1) is 6.26 Å². The van der Waals surface area contributed by atoms with E-state index >= 15 is 0 Å². The van der Waals surface area contributed by atoms with Crippen molar-refractivity contribution in [1.82, 2.24) is 5.43 Å². The standard InChI is InChI=1S/C21H18N2O3/c24-21(23-22-13-5-1-2-9-19-10-6-14-25-19)16-26-20-12-11-17-7-3-4-8-18(17)15-20/h1-15H,16H2,(H,23,24)/b5-1+,9-2+,22-13-. The van der Waals surface area contributed by atoms with Crippen LogP contribution < -0.4 is 10.2 Å². The average molecular weight is 346 g/mol. The van der Waals surface area contributed by atoms with Crippen LogP contribution in [0.2, 0.25) is 0 Å². The molecule has 3 rings (SSSR count). The SMILES string of the molecule is O=C(COc1ccc2ccccc2c1)N\N=C/C=C/C=C/c1ccco1. The zero-order valence-electron chi connectivity index (χ0n) is 14.0. The van der Waals surface area contributed by atoms with Gasteiger partial charge in [-0.2, -0.15) is 5.10 Å². The summed E-state index contributed by atoms with van der Waals surface area (Å²) in [5.41, 5.74) is 2.41. The van der Waals surface area contributed by atoms with E-state index in [0.29, 0.717) is 5.75 Å². The highest BCUT2D eigenvalue weighted by atomic mass is 16.5. The van der Waals surface area contributed by atoms with Crippen LogP contribution in [-0.2, 0) is 4.79 Å². The molecule has 130 valence electrons. The van der Waals surface area contributed by atoms with E-state index in [9.17, 15) is 4.79 Å². The number of nitrogens with one attached hydrogen (secondary N) is 1. The number of hydrogen-bond acceptors (Lipinski definition) is 4. The molecule has 0 unspecified atom stereocenters. The number of carbonyl (C=O) groups excluding carboxylic acids is 1. The molecule has 5 heteroatoms. The van der Waals surface area contributed by atoms with Crippen LogP contribution in [0.4, 0.5) is 0 Å². The number of amides is 1. The Morgan fingerprint density at radius 2 is 1.92 bits per heavy atom. The van der Waals surface area contributed by atoms with Crippen molar-refractivity contribution < 1.29 is 13.9 Å². The molecule has 1 N–H and O–H groups in total. The van der Waals surface area contributed by atoms with Crippen LogP contribution in [0.25, 0.3) is 16.8 Å². The maximum absolute atomic E-state index is 11.7. The Morgan fingerprint density at radius 3 is 2.77 bits per heavy atom. The number of benzene rings is 2. The lowest BCUT2D eigenvalue weighted by molar-refractivity contribution is -0.123. The lowest BCUT2D eigenvalue weighted by Crippen LogP contribution is -2.24. The first kappa shape index (κ1) is 17.2. The maximum atomic E-state index is 11.7. The molecule has 0 atom stereocenters. The molecule has 3 aromatic rings. The third kappa shape index (κ3) is 5.21. The summed E-state index contributed by atoms with van der Waals surface area (Å²) in [5.74, 6) is 1.09. The highest BCUT2D eigenvalue weighted by Gasteiger charge is 2.02. The lowest BCUT2D eigenvalue weighted by atomic mass is 10.1. The summed E-state index contributed by atoms with van der Waals surface area (Å²) in [6.07, 6.45) is 10.2. The van der Waals surface area contributed by atoms with Gasteiger partial charge in [-0.3, -0.25) is 4.79 Å². The van der Waals surface area contributed by atoms with Gasteiger partial charge in [-0.1, -0.05) is 42.5 Å². The first-order chi connectivity index (χ1) is 12.8. The fourth-order valence-corrected chi connectivity index (χ4v) is 2.24. The maximum Gasteiger partial charge on any atom is 0.277 e. The van der Waals surface area contributed by atoms with E-state index in [1.165, 1.54) is 6.21 Å². The molecular formula is C21H18N2O3. The highest BCUT2D eigenvalue weighted by Crippen LogP contribution is 2.20. The van der Waals surface area contributed by atoms with Crippen LogP contribution in [0.5, 0.6) is 5.75 Å². The molecule has 1 amide bonds. The summed E-state index contributed by atoms with van der Waals surface area (Å²) in [5, 5.41) is 6.01. The number of rotatable bonds is 7. The molecule has 0 aliphatic heterocycles. The molecule has 0 saturated carbocycles. The smallest absolute Gasteiger partial charge is 0.277 e. The van der Waals surface area contributed by atoms with E-state index in [4.69, 9.17) is 9.15 Å². The van der Waals surface area contributed by atoms with E-state index in [1.54, 1.807) is 18.4 Å². The monoisotopic (exact) mass is 346 g/mol. The Labute approximate surface area is 151 Å². The summed E-state index contributed by atoms with van der Waals surface area (Å²) in [6, 6.07) is 17.3. The van der Waals surface area contributed by atoms with Crippen molar-refractivity contribution in [3.63, 3.8) is 0 Å². The fraction of sp³-hybridized carbons (Fsp3) is 0.0476. The van der Waals surface area contributed by atoms with Crippen molar-refractivity contribution in [3.8, 4) is 5.75 Å². The van der Waals surface area contributed by atoms with Crippen molar-refractivity contribution >= 4 is 29.0 Å².